The third kappa shape index (κ3) is 3.22. The van der Waals surface area contributed by atoms with E-state index in [9.17, 15) is 13.6 Å². The first-order valence-corrected chi connectivity index (χ1v) is 5.42. The molecule has 0 aliphatic rings. The van der Waals surface area contributed by atoms with Gasteiger partial charge < -0.3 is 4.84 Å². The van der Waals surface area contributed by atoms with E-state index in [0.29, 0.717) is 5.56 Å². The lowest BCUT2D eigenvalue weighted by molar-refractivity contribution is 0.0519. The van der Waals surface area contributed by atoms with Gasteiger partial charge in [0.15, 0.2) is 0 Å². The zero-order valence-electron chi connectivity index (χ0n) is 9.72. The molecule has 0 radical (unpaired) electrons. The smallest absolute Gasteiger partial charge is 0.313 e. The molecule has 0 bridgehead atoms. The van der Waals surface area contributed by atoms with Gasteiger partial charge in [-0.05, 0) is 24.3 Å². The molecule has 0 atom stereocenters. The molecule has 2 aromatic rings. The Balaban J connectivity index is 2.07. The van der Waals surface area contributed by atoms with Gasteiger partial charge in [0.1, 0.15) is 11.6 Å². The summed E-state index contributed by atoms with van der Waals surface area (Å²) in [5, 5.41) is 3.29. The summed E-state index contributed by atoms with van der Waals surface area (Å²) in [6, 6.07) is 11.6. The van der Waals surface area contributed by atoms with Gasteiger partial charge in [0.2, 0.25) is 0 Å². The normalized spacial score (nSPS) is 10.6. The summed E-state index contributed by atoms with van der Waals surface area (Å²) in [5.74, 6) is -2.26. The minimum Gasteiger partial charge on any atom is -0.313 e. The summed E-state index contributed by atoms with van der Waals surface area (Å²) in [5.41, 5.74) is -0.0583. The fourth-order valence-electron chi connectivity index (χ4n) is 1.39. The molecule has 0 spiro atoms. The number of hydrogen-bond acceptors (Lipinski definition) is 3. The Bertz CT molecular complexity index is 592. The van der Waals surface area contributed by atoms with Crippen molar-refractivity contribution in [2.24, 2.45) is 5.16 Å². The van der Waals surface area contributed by atoms with Crippen LogP contribution in [0.3, 0.4) is 0 Å². The van der Waals surface area contributed by atoms with E-state index in [0.717, 1.165) is 18.3 Å². The lowest BCUT2D eigenvalue weighted by Crippen LogP contribution is -2.01. The van der Waals surface area contributed by atoms with E-state index in [1.807, 2.05) is 0 Å². The van der Waals surface area contributed by atoms with Crippen LogP contribution < -0.4 is 0 Å². The monoisotopic (exact) mass is 261 g/mol. The largest absolute Gasteiger partial charge is 0.365 e. The Morgan fingerprint density at radius 3 is 2.26 bits per heavy atom. The first-order valence-electron chi connectivity index (χ1n) is 5.42. The quantitative estimate of drug-likeness (QED) is 0.483. The summed E-state index contributed by atoms with van der Waals surface area (Å²) in [4.78, 5) is 16.0. The van der Waals surface area contributed by atoms with Gasteiger partial charge in [-0.2, -0.15) is 0 Å². The number of rotatable bonds is 3. The summed E-state index contributed by atoms with van der Waals surface area (Å²) >= 11 is 0. The fourth-order valence-corrected chi connectivity index (χ4v) is 1.39. The molecule has 0 amide bonds. The van der Waals surface area contributed by atoms with Crippen molar-refractivity contribution in [3.8, 4) is 0 Å². The molecule has 0 heterocycles. The van der Waals surface area contributed by atoms with E-state index < -0.39 is 17.6 Å². The van der Waals surface area contributed by atoms with Crippen LogP contribution in [0.1, 0.15) is 15.9 Å². The second kappa shape index (κ2) is 5.86. The molecule has 0 unspecified atom stereocenters. The molecule has 0 aromatic heterocycles. The number of carbonyl (C=O) groups excluding carboxylic acids is 1. The van der Waals surface area contributed by atoms with Gasteiger partial charge >= 0.3 is 5.97 Å². The average molecular weight is 261 g/mol. The predicted octanol–water partition coefficient (Wildman–Crippen LogP) is 3.16. The maximum absolute atomic E-state index is 13.2. The molecule has 2 rings (SSSR count). The van der Waals surface area contributed by atoms with E-state index in [2.05, 4.69) is 9.99 Å². The van der Waals surface area contributed by atoms with Crippen molar-refractivity contribution in [3.63, 3.8) is 0 Å². The first-order chi connectivity index (χ1) is 9.18. The highest BCUT2D eigenvalue weighted by Gasteiger charge is 2.07. The Kier molecular flexibility index (Phi) is 3.97. The van der Waals surface area contributed by atoms with Crippen molar-refractivity contribution in [3.05, 3.63) is 71.3 Å². The Hall–Kier alpha value is -2.56. The molecule has 96 valence electrons. The molecule has 3 nitrogen and oxygen atoms in total. The van der Waals surface area contributed by atoms with Crippen LogP contribution in [0.15, 0.2) is 53.7 Å². The van der Waals surface area contributed by atoms with Crippen LogP contribution in [0.2, 0.25) is 0 Å². The van der Waals surface area contributed by atoms with E-state index in [4.69, 9.17) is 0 Å². The van der Waals surface area contributed by atoms with Gasteiger partial charge in [-0.25, -0.2) is 13.6 Å². The highest BCUT2D eigenvalue weighted by atomic mass is 19.1. The van der Waals surface area contributed by atoms with Crippen LogP contribution in [0, 0.1) is 11.6 Å². The molecule has 2 aromatic carbocycles. The average Bonchev–Trinajstić information content (AvgIpc) is 2.43. The second-order valence-corrected chi connectivity index (χ2v) is 3.61. The number of carbonyl (C=O) groups is 1. The molecule has 0 saturated carbocycles. The topological polar surface area (TPSA) is 38.7 Å². The van der Waals surface area contributed by atoms with Crippen LogP contribution in [-0.2, 0) is 4.84 Å². The SMILES string of the molecule is O=C(O/N=C/c1c(F)cccc1F)c1ccccc1. The second-order valence-electron chi connectivity index (χ2n) is 3.61. The number of nitrogens with zero attached hydrogens (tertiary/aromatic N) is 1. The van der Waals surface area contributed by atoms with Gasteiger partial charge in [-0.1, -0.05) is 29.4 Å². The fraction of sp³-hybridized carbons (Fsp3) is 0. The number of hydrogen-bond donors (Lipinski definition) is 0. The number of halogens is 2. The van der Waals surface area contributed by atoms with E-state index in [1.165, 1.54) is 6.07 Å². The van der Waals surface area contributed by atoms with Crippen molar-refractivity contribution in [1.29, 1.82) is 0 Å². The highest BCUT2D eigenvalue weighted by molar-refractivity contribution is 5.90. The standard InChI is InChI=1S/C14H9F2NO2/c15-12-7-4-8-13(16)11(12)9-17-19-14(18)10-5-2-1-3-6-10/h1-9H/b17-9+. The summed E-state index contributed by atoms with van der Waals surface area (Å²) < 4.78 is 26.5. The van der Waals surface area contributed by atoms with Crippen molar-refractivity contribution in [2.75, 3.05) is 0 Å². The van der Waals surface area contributed by atoms with Gasteiger partial charge in [0.05, 0.1) is 17.3 Å². The summed E-state index contributed by atoms with van der Waals surface area (Å²) in [6.45, 7) is 0. The van der Waals surface area contributed by atoms with Crippen LogP contribution >= 0.6 is 0 Å². The summed E-state index contributed by atoms with van der Waals surface area (Å²) in [7, 11) is 0. The minimum atomic E-state index is -0.778. The molecule has 0 saturated heterocycles. The third-order valence-corrected chi connectivity index (χ3v) is 2.33. The van der Waals surface area contributed by atoms with Gasteiger partial charge in [0, 0.05) is 0 Å². The minimum absolute atomic E-state index is 0.300. The molecular formula is C14H9F2NO2. The van der Waals surface area contributed by atoms with Crippen LogP contribution in [-0.4, -0.2) is 12.2 Å². The van der Waals surface area contributed by atoms with Gasteiger partial charge in [-0.3, -0.25) is 0 Å². The van der Waals surface area contributed by atoms with E-state index in [1.54, 1.807) is 30.3 Å². The number of oxime groups is 1. The Morgan fingerprint density at radius 2 is 1.63 bits per heavy atom. The zero-order chi connectivity index (χ0) is 13.7. The van der Waals surface area contributed by atoms with Crippen LogP contribution in [0.5, 0.6) is 0 Å². The van der Waals surface area contributed by atoms with Crippen molar-refractivity contribution in [1.82, 2.24) is 0 Å². The number of benzene rings is 2. The molecule has 19 heavy (non-hydrogen) atoms. The maximum Gasteiger partial charge on any atom is 0.365 e. The lowest BCUT2D eigenvalue weighted by atomic mass is 10.2. The van der Waals surface area contributed by atoms with E-state index in [-0.39, 0.29) is 5.56 Å². The zero-order valence-corrected chi connectivity index (χ0v) is 9.72. The van der Waals surface area contributed by atoms with Gasteiger partial charge in [-0.15, -0.1) is 0 Å². The third-order valence-electron chi connectivity index (χ3n) is 2.33. The molecule has 0 aliphatic carbocycles. The Morgan fingerprint density at radius 1 is 1.00 bits per heavy atom. The van der Waals surface area contributed by atoms with Gasteiger partial charge in [0.25, 0.3) is 0 Å². The molecule has 0 aliphatic heterocycles. The first kappa shape index (κ1) is 12.9. The molecule has 0 N–H and O–H groups in total. The molecule has 0 fully saturated rings. The molecule has 5 heteroatoms. The Labute approximate surface area is 108 Å². The maximum atomic E-state index is 13.2. The van der Waals surface area contributed by atoms with Crippen LogP contribution in [0.4, 0.5) is 8.78 Å². The molecular weight excluding hydrogens is 252 g/mol. The predicted molar refractivity (Wildman–Crippen MR) is 65.8 cm³/mol. The van der Waals surface area contributed by atoms with Crippen molar-refractivity contribution >= 4 is 12.2 Å². The van der Waals surface area contributed by atoms with Crippen molar-refractivity contribution < 1.29 is 18.4 Å². The van der Waals surface area contributed by atoms with Crippen molar-refractivity contribution in [2.45, 2.75) is 0 Å². The van der Waals surface area contributed by atoms with E-state index >= 15 is 0 Å². The highest BCUT2D eigenvalue weighted by Crippen LogP contribution is 2.09. The van der Waals surface area contributed by atoms with Crippen LogP contribution in [0.25, 0.3) is 0 Å². The summed E-state index contributed by atoms with van der Waals surface area (Å²) in [6.07, 6.45) is 0.825. The lowest BCUT2D eigenvalue weighted by Gasteiger charge is -1.98.